The molecule has 4 nitrogen and oxygen atoms in total. The van der Waals surface area contributed by atoms with Crippen molar-refractivity contribution in [2.24, 2.45) is 0 Å². The lowest BCUT2D eigenvalue weighted by Crippen LogP contribution is -2.18. The van der Waals surface area contributed by atoms with E-state index in [1.54, 1.807) is 12.3 Å². The zero-order chi connectivity index (χ0) is 17.6. The number of pyridine rings is 1. The van der Waals surface area contributed by atoms with Gasteiger partial charge in [0.2, 0.25) is 0 Å². The molecule has 0 atom stereocenters. The summed E-state index contributed by atoms with van der Waals surface area (Å²) >= 11 is 0. The van der Waals surface area contributed by atoms with Crippen LogP contribution in [0.3, 0.4) is 0 Å². The number of nitrogens with zero attached hydrogens (tertiary/aromatic N) is 2. The van der Waals surface area contributed by atoms with Gasteiger partial charge in [-0.05, 0) is 55.8 Å². The van der Waals surface area contributed by atoms with E-state index in [9.17, 15) is 4.79 Å². The Labute approximate surface area is 148 Å². The number of aryl methyl sites for hydroxylation is 1. The topological polar surface area (TPSA) is 45.2 Å². The first-order valence-corrected chi connectivity index (χ1v) is 8.34. The molecular formula is C21H21N3O. The highest BCUT2D eigenvalue weighted by molar-refractivity contribution is 6.02. The van der Waals surface area contributed by atoms with Crippen LogP contribution in [0.1, 0.15) is 23.0 Å². The first-order valence-electron chi connectivity index (χ1n) is 8.34. The van der Waals surface area contributed by atoms with Crippen LogP contribution in [0.25, 0.3) is 0 Å². The van der Waals surface area contributed by atoms with Gasteiger partial charge in [-0.25, -0.2) is 4.98 Å². The number of anilines is 3. The van der Waals surface area contributed by atoms with Gasteiger partial charge in [0.05, 0.1) is 11.9 Å². The molecule has 3 aromatic rings. The second-order valence-corrected chi connectivity index (χ2v) is 5.81. The number of para-hydroxylation sites is 1. The third kappa shape index (κ3) is 4.04. The Morgan fingerprint density at radius 3 is 2.44 bits per heavy atom. The van der Waals surface area contributed by atoms with Crippen molar-refractivity contribution in [3.8, 4) is 0 Å². The lowest BCUT2D eigenvalue weighted by molar-refractivity contribution is 0.102. The van der Waals surface area contributed by atoms with Gasteiger partial charge in [0.1, 0.15) is 5.69 Å². The first-order chi connectivity index (χ1) is 12.2. The zero-order valence-electron chi connectivity index (χ0n) is 14.4. The summed E-state index contributed by atoms with van der Waals surface area (Å²) in [6.07, 6.45) is 1.74. The summed E-state index contributed by atoms with van der Waals surface area (Å²) in [7, 11) is 0. The van der Waals surface area contributed by atoms with Gasteiger partial charge < -0.3 is 10.2 Å². The molecule has 2 aromatic carbocycles. The molecule has 25 heavy (non-hydrogen) atoms. The number of carbonyl (C=O) groups excluding carboxylic acids is 1. The molecule has 3 rings (SSSR count). The van der Waals surface area contributed by atoms with E-state index in [0.29, 0.717) is 5.69 Å². The van der Waals surface area contributed by atoms with E-state index < -0.39 is 0 Å². The van der Waals surface area contributed by atoms with E-state index in [1.807, 2.05) is 42.5 Å². The van der Waals surface area contributed by atoms with Crippen LogP contribution < -0.4 is 10.2 Å². The number of hydrogen-bond donors (Lipinski definition) is 1. The van der Waals surface area contributed by atoms with Crippen LogP contribution in [0, 0.1) is 6.92 Å². The largest absolute Gasteiger partial charge is 0.341 e. The molecule has 0 fully saturated rings. The van der Waals surface area contributed by atoms with E-state index >= 15 is 0 Å². The fourth-order valence-corrected chi connectivity index (χ4v) is 2.71. The van der Waals surface area contributed by atoms with Crippen molar-refractivity contribution >= 4 is 23.0 Å². The lowest BCUT2D eigenvalue weighted by atomic mass is 10.2. The van der Waals surface area contributed by atoms with E-state index in [2.05, 4.69) is 47.2 Å². The molecule has 1 amide bonds. The van der Waals surface area contributed by atoms with Gasteiger partial charge in [-0.15, -0.1) is 0 Å². The van der Waals surface area contributed by atoms with Crippen molar-refractivity contribution in [3.05, 3.63) is 84.2 Å². The maximum atomic E-state index is 12.3. The second-order valence-electron chi connectivity index (χ2n) is 5.81. The second kappa shape index (κ2) is 7.62. The monoisotopic (exact) mass is 331 g/mol. The van der Waals surface area contributed by atoms with Crippen LogP contribution >= 0.6 is 0 Å². The van der Waals surface area contributed by atoms with E-state index in [1.165, 1.54) is 5.56 Å². The average molecular weight is 331 g/mol. The fourth-order valence-electron chi connectivity index (χ4n) is 2.71. The lowest BCUT2D eigenvalue weighted by Gasteiger charge is -2.23. The number of hydrogen-bond acceptors (Lipinski definition) is 3. The highest BCUT2D eigenvalue weighted by Crippen LogP contribution is 2.25. The molecule has 0 radical (unpaired) electrons. The molecule has 0 unspecified atom stereocenters. The summed E-state index contributed by atoms with van der Waals surface area (Å²) in [5.41, 5.74) is 4.44. The van der Waals surface area contributed by atoms with Crippen LogP contribution in [0.5, 0.6) is 0 Å². The standard InChI is InChI=1S/C21H21N3O/c1-3-24(18-11-7-8-16(2)14-18)19-12-13-20(22-15-19)21(25)23-17-9-5-4-6-10-17/h4-15H,3H2,1-2H3,(H,23,25). The molecule has 0 aliphatic heterocycles. The molecule has 4 heteroatoms. The Morgan fingerprint density at radius 1 is 1.00 bits per heavy atom. The number of nitrogens with one attached hydrogen (secondary N) is 1. The number of amides is 1. The van der Waals surface area contributed by atoms with Crippen LogP contribution in [-0.2, 0) is 0 Å². The Balaban J connectivity index is 1.78. The van der Waals surface area contributed by atoms with Crippen molar-refractivity contribution < 1.29 is 4.79 Å². The zero-order valence-corrected chi connectivity index (χ0v) is 14.4. The van der Waals surface area contributed by atoms with Crippen molar-refractivity contribution in [1.82, 2.24) is 4.98 Å². The van der Waals surface area contributed by atoms with Crippen LogP contribution in [0.2, 0.25) is 0 Å². The van der Waals surface area contributed by atoms with Gasteiger partial charge >= 0.3 is 0 Å². The molecule has 0 aliphatic carbocycles. The Bertz CT molecular complexity index is 845. The molecule has 126 valence electrons. The smallest absolute Gasteiger partial charge is 0.274 e. The van der Waals surface area contributed by atoms with Gasteiger partial charge in [0, 0.05) is 17.9 Å². The van der Waals surface area contributed by atoms with Crippen molar-refractivity contribution in [2.45, 2.75) is 13.8 Å². The molecule has 1 aromatic heterocycles. The molecule has 1 N–H and O–H groups in total. The minimum absolute atomic E-state index is 0.212. The predicted molar refractivity (Wildman–Crippen MR) is 102 cm³/mol. The summed E-state index contributed by atoms with van der Waals surface area (Å²) in [6.45, 7) is 4.99. The van der Waals surface area contributed by atoms with Gasteiger partial charge in [0.15, 0.2) is 0 Å². The maximum Gasteiger partial charge on any atom is 0.274 e. The first kappa shape index (κ1) is 16.7. The number of aromatic nitrogens is 1. The predicted octanol–water partition coefficient (Wildman–Crippen LogP) is 4.80. The Hall–Kier alpha value is -3.14. The van der Waals surface area contributed by atoms with Crippen molar-refractivity contribution in [1.29, 1.82) is 0 Å². The summed E-state index contributed by atoms with van der Waals surface area (Å²) in [5.74, 6) is -0.212. The number of benzene rings is 2. The van der Waals surface area contributed by atoms with E-state index in [0.717, 1.165) is 23.6 Å². The molecule has 0 saturated carbocycles. The molecule has 0 bridgehead atoms. The van der Waals surface area contributed by atoms with Gasteiger partial charge in [-0.3, -0.25) is 4.79 Å². The van der Waals surface area contributed by atoms with E-state index in [4.69, 9.17) is 0 Å². The maximum absolute atomic E-state index is 12.3. The van der Waals surface area contributed by atoms with Crippen molar-refractivity contribution in [3.63, 3.8) is 0 Å². The third-order valence-corrected chi connectivity index (χ3v) is 3.95. The molecule has 0 saturated heterocycles. The third-order valence-electron chi connectivity index (χ3n) is 3.95. The minimum atomic E-state index is -0.212. The normalized spacial score (nSPS) is 10.3. The SMILES string of the molecule is CCN(c1ccc(C(=O)Nc2ccccc2)nc1)c1cccc(C)c1. The Morgan fingerprint density at radius 2 is 1.80 bits per heavy atom. The molecular weight excluding hydrogens is 310 g/mol. The highest BCUT2D eigenvalue weighted by atomic mass is 16.1. The summed E-state index contributed by atoms with van der Waals surface area (Å²) in [4.78, 5) is 18.8. The highest BCUT2D eigenvalue weighted by Gasteiger charge is 2.11. The Kier molecular flexibility index (Phi) is 5.09. The number of rotatable bonds is 5. The average Bonchev–Trinajstić information content (AvgIpc) is 2.64. The summed E-state index contributed by atoms with van der Waals surface area (Å²) < 4.78 is 0. The minimum Gasteiger partial charge on any atom is -0.341 e. The van der Waals surface area contributed by atoms with Crippen LogP contribution in [-0.4, -0.2) is 17.4 Å². The quantitative estimate of drug-likeness (QED) is 0.730. The fraction of sp³-hybridized carbons (Fsp3) is 0.143. The van der Waals surface area contributed by atoms with E-state index in [-0.39, 0.29) is 5.91 Å². The summed E-state index contributed by atoms with van der Waals surface area (Å²) in [6, 6.07) is 21.4. The van der Waals surface area contributed by atoms with Crippen LogP contribution in [0.15, 0.2) is 72.9 Å². The van der Waals surface area contributed by atoms with Gasteiger partial charge in [0.25, 0.3) is 5.91 Å². The number of carbonyl (C=O) groups is 1. The van der Waals surface area contributed by atoms with Crippen molar-refractivity contribution in [2.75, 3.05) is 16.8 Å². The van der Waals surface area contributed by atoms with Gasteiger partial charge in [-0.2, -0.15) is 0 Å². The molecule has 0 aliphatic rings. The van der Waals surface area contributed by atoms with Gasteiger partial charge in [-0.1, -0.05) is 30.3 Å². The summed E-state index contributed by atoms with van der Waals surface area (Å²) in [5, 5.41) is 2.84. The molecule has 0 spiro atoms. The molecule has 1 heterocycles. The van der Waals surface area contributed by atoms with Crippen LogP contribution in [0.4, 0.5) is 17.1 Å².